The lowest BCUT2D eigenvalue weighted by Crippen LogP contribution is -2.14. The van der Waals surface area contributed by atoms with Crippen molar-refractivity contribution in [3.63, 3.8) is 0 Å². The molecular weight excluding hydrogens is 320 g/mol. The second-order valence-corrected chi connectivity index (χ2v) is 6.58. The van der Waals surface area contributed by atoms with Crippen molar-refractivity contribution in [2.75, 3.05) is 4.72 Å². The quantitative estimate of drug-likeness (QED) is 0.583. The van der Waals surface area contributed by atoms with E-state index in [4.69, 9.17) is 0 Å². The summed E-state index contributed by atoms with van der Waals surface area (Å²) in [6, 6.07) is 8.65. The molecule has 0 aliphatic heterocycles. The number of nitro benzene ring substituents is 1. The van der Waals surface area contributed by atoms with Crippen molar-refractivity contribution in [3.8, 4) is 0 Å². The van der Waals surface area contributed by atoms with Gasteiger partial charge in [0.1, 0.15) is 0 Å². The van der Waals surface area contributed by atoms with Gasteiger partial charge in [-0.15, -0.1) is 0 Å². The van der Waals surface area contributed by atoms with Crippen LogP contribution >= 0.6 is 0 Å². The van der Waals surface area contributed by atoms with Gasteiger partial charge in [0.2, 0.25) is 0 Å². The Labute approximate surface area is 131 Å². The lowest BCUT2D eigenvalue weighted by molar-refractivity contribution is -0.385. The lowest BCUT2D eigenvalue weighted by atomic mass is 10.2. The van der Waals surface area contributed by atoms with Gasteiger partial charge in [0.25, 0.3) is 15.7 Å². The largest absolute Gasteiger partial charge is 0.279 e. The number of aromatic nitrogens is 2. The third kappa shape index (κ3) is 2.86. The molecule has 8 nitrogen and oxygen atoms in total. The fourth-order valence-corrected chi connectivity index (χ4v) is 3.50. The molecule has 0 spiro atoms. The Morgan fingerprint density at radius 1 is 1.22 bits per heavy atom. The molecule has 0 atom stereocenters. The van der Waals surface area contributed by atoms with Crippen LogP contribution < -0.4 is 4.72 Å². The van der Waals surface area contributed by atoms with E-state index in [1.165, 1.54) is 12.1 Å². The predicted molar refractivity (Wildman–Crippen MR) is 83.8 cm³/mol. The van der Waals surface area contributed by atoms with Gasteiger partial charge in [0, 0.05) is 24.5 Å². The van der Waals surface area contributed by atoms with Gasteiger partial charge in [-0.05, 0) is 30.7 Å². The molecule has 0 bridgehead atoms. The van der Waals surface area contributed by atoms with Crippen LogP contribution in [0.1, 0.15) is 5.56 Å². The number of nitro groups is 1. The van der Waals surface area contributed by atoms with Gasteiger partial charge >= 0.3 is 0 Å². The first-order valence-corrected chi connectivity index (χ1v) is 8.06. The number of pyridine rings is 1. The number of nitrogens with zero attached hydrogens (tertiary/aromatic N) is 3. The monoisotopic (exact) mass is 332 g/mol. The van der Waals surface area contributed by atoms with Crippen LogP contribution in [0.5, 0.6) is 0 Å². The molecule has 1 aromatic carbocycles. The summed E-state index contributed by atoms with van der Waals surface area (Å²) in [7, 11) is -3.94. The maximum atomic E-state index is 12.5. The smallest absolute Gasteiger partial charge is 0.270 e. The van der Waals surface area contributed by atoms with Crippen LogP contribution in [0.15, 0.2) is 53.7 Å². The van der Waals surface area contributed by atoms with Crippen LogP contribution in [-0.4, -0.2) is 23.0 Å². The molecule has 2 heterocycles. The average Bonchev–Trinajstić information content (AvgIpc) is 2.94. The van der Waals surface area contributed by atoms with E-state index in [1.807, 2.05) is 0 Å². The van der Waals surface area contributed by atoms with Crippen LogP contribution in [-0.2, 0) is 10.0 Å². The minimum Gasteiger partial charge on any atom is -0.279 e. The van der Waals surface area contributed by atoms with Crippen molar-refractivity contribution in [1.82, 2.24) is 9.61 Å². The normalized spacial score (nSPS) is 11.5. The van der Waals surface area contributed by atoms with Crippen molar-refractivity contribution in [3.05, 3.63) is 64.5 Å². The molecule has 1 N–H and O–H groups in total. The van der Waals surface area contributed by atoms with Gasteiger partial charge in [-0.3, -0.25) is 14.8 Å². The number of hydrogen-bond acceptors (Lipinski definition) is 5. The maximum Gasteiger partial charge on any atom is 0.270 e. The van der Waals surface area contributed by atoms with Crippen molar-refractivity contribution >= 4 is 26.9 Å². The average molecular weight is 332 g/mol. The zero-order valence-corrected chi connectivity index (χ0v) is 12.8. The van der Waals surface area contributed by atoms with E-state index in [2.05, 4.69) is 9.82 Å². The topological polar surface area (TPSA) is 107 Å². The van der Waals surface area contributed by atoms with Crippen LogP contribution in [0, 0.1) is 17.0 Å². The minimum absolute atomic E-state index is 0.125. The van der Waals surface area contributed by atoms with Gasteiger partial charge in [0.15, 0.2) is 0 Å². The van der Waals surface area contributed by atoms with Crippen LogP contribution in [0.4, 0.5) is 11.4 Å². The Balaban J connectivity index is 2.01. The van der Waals surface area contributed by atoms with Gasteiger partial charge in [-0.1, -0.05) is 6.07 Å². The van der Waals surface area contributed by atoms with E-state index in [9.17, 15) is 18.5 Å². The third-order valence-electron chi connectivity index (χ3n) is 3.32. The second kappa shape index (κ2) is 5.36. The van der Waals surface area contributed by atoms with Crippen LogP contribution in [0.2, 0.25) is 0 Å². The predicted octanol–water partition coefficient (Wildman–Crippen LogP) is 2.35. The first kappa shape index (κ1) is 15.0. The lowest BCUT2D eigenvalue weighted by Gasteiger charge is -2.10. The number of fused-ring (bicyclic) bond motifs is 1. The van der Waals surface area contributed by atoms with E-state index < -0.39 is 14.9 Å². The third-order valence-corrected chi connectivity index (χ3v) is 4.85. The molecule has 0 aliphatic rings. The Hall–Kier alpha value is -2.94. The summed E-state index contributed by atoms with van der Waals surface area (Å²) in [6.07, 6.45) is 3.21. The highest BCUT2D eigenvalue weighted by molar-refractivity contribution is 7.92. The molecule has 0 radical (unpaired) electrons. The maximum absolute atomic E-state index is 12.5. The molecule has 0 fully saturated rings. The fraction of sp³-hybridized carbons (Fsp3) is 0.0714. The molecule has 0 aliphatic carbocycles. The van der Waals surface area contributed by atoms with E-state index in [0.29, 0.717) is 11.3 Å². The van der Waals surface area contributed by atoms with Crippen LogP contribution in [0.25, 0.3) is 5.52 Å². The number of nitrogens with one attached hydrogen (secondary N) is 1. The number of rotatable bonds is 4. The summed E-state index contributed by atoms with van der Waals surface area (Å²) >= 11 is 0. The fourth-order valence-electron chi connectivity index (χ4n) is 2.19. The number of benzene rings is 1. The van der Waals surface area contributed by atoms with Gasteiger partial charge in [-0.2, -0.15) is 5.10 Å². The highest BCUT2D eigenvalue weighted by Crippen LogP contribution is 2.24. The highest BCUT2D eigenvalue weighted by atomic mass is 32.2. The van der Waals surface area contributed by atoms with Gasteiger partial charge in [-0.25, -0.2) is 12.9 Å². The zero-order chi connectivity index (χ0) is 16.6. The molecule has 23 heavy (non-hydrogen) atoms. The molecule has 0 unspecified atom stereocenters. The van der Waals surface area contributed by atoms with E-state index in [0.717, 1.165) is 11.6 Å². The SMILES string of the molecule is Cc1ccc([N+](=O)[O-])cc1S(=O)(=O)Nc1ccn2nccc2c1. The first-order chi connectivity index (χ1) is 10.9. The van der Waals surface area contributed by atoms with Crippen molar-refractivity contribution in [2.45, 2.75) is 11.8 Å². The standard InChI is InChI=1S/C14H12N4O4S/c1-10-2-3-13(18(19)20)9-14(10)23(21,22)16-11-5-7-17-12(8-11)4-6-15-17/h2-9,16H,1H3. The molecule has 3 rings (SSSR count). The highest BCUT2D eigenvalue weighted by Gasteiger charge is 2.20. The minimum atomic E-state index is -3.94. The van der Waals surface area contributed by atoms with Crippen LogP contribution in [0.3, 0.4) is 0 Å². The Bertz CT molecular complexity index is 1010. The summed E-state index contributed by atoms with van der Waals surface area (Å²) < 4.78 is 29.1. The number of hydrogen-bond donors (Lipinski definition) is 1. The summed E-state index contributed by atoms with van der Waals surface area (Å²) in [4.78, 5) is 10.1. The number of sulfonamides is 1. The Morgan fingerprint density at radius 2 is 2.00 bits per heavy atom. The van der Waals surface area contributed by atoms with E-state index in [1.54, 1.807) is 42.0 Å². The summed E-state index contributed by atoms with van der Waals surface area (Å²) in [5.74, 6) is 0. The van der Waals surface area contributed by atoms with Crippen molar-refractivity contribution in [2.24, 2.45) is 0 Å². The Morgan fingerprint density at radius 3 is 2.74 bits per heavy atom. The van der Waals surface area contributed by atoms with Crippen molar-refractivity contribution < 1.29 is 13.3 Å². The van der Waals surface area contributed by atoms with Crippen molar-refractivity contribution in [1.29, 1.82) is 0 Å². The number of anilines is 1. The van der Waals surface area contributed by atoms with Gasteiger partial charge in [0.05, 0.1) is 21.0 Å². The molecule has 0 saturated heterocycles. The summed E-state index contributed by atoms with van der Waals surface area (Å²) in [6.45, 7) is 1.58. The van der Waals surface area contributed by atoms with E-state index in [-0.39, 0.29) is 10.6 Å². The van der Waals surface area contributed by atoms with E-state index >= 15 is 0 Å². The molecular formula is C14H12N4O4S. The number of non-ortho nitro benzene ring substituents is 1. The summed E-state index contributed by atoms with van der Waals surface area (Å²) in [5.41, 5.74) is 1.22. The molecule has 2 aromatic heterocycles. The number of aryl methyl sites for hydroxylation is 1. The molecule has 0 amide bonds. The Kier molecular flexibility index (Phi) is 3.49. The van der Waals surface area contributed by atoms with Gasteiger partial charge < -0.3 is 0 Å². The first-order valence-electron chi connectivity index (χ1n) is 6.58. The molecule has 0 saturated carbocycles. The summed E-state index contributed by atoms with van der Waals surface area (Å²) in [5, 5.41) is 14.9. The second-order valence-electron chi connectivity index (χ2n) is 4.93. The molecule has 9 heteroatoms. The zero-order valence-electron chi connectivity index (χ0n) is 12.0. The molecule has 118 valence electrons. The molecule has 3 aromatic rings.